The summed E-state index contributed by atoms with van der Waals surface area (Å²) >= 11 is 0. The zero-order chi connectivity index (χ0) is 18.6. The Balaban J connectivity index is 2.21. The molecule has 0 N–H and O–H groups in total. The van der Waals surface area contributed by atoms with Gasteiger partial charge in [0.25, 0.3) is 0 Å². The molecule has 0 saturated heterocycles. The molecule has 0 spiro atoms. The molecule has 0 bridgehead atoms. The zero-order valence-corrected chi connectivity index (χ0v) is 18.5. The van der Waals surface area contributed by atoms with E-state index >= 15 is 0 Å². The zero-order valence-electron chi connectivity index (χ0n) is 17.3. The van der Waals surface area contributed by atoms with Crippen LogP contribution in [-0.2, 0) is 10.8 Å². The van der Waals surface area contributed by atoms with Crippen LogP contribution in [-0.4, -0.2) is 8.80 Å². The Morgan fingerprint density at radius 3 is 1.48 bits per heavy atom. The maximum Gasteiger partial charge on any atom is 0.0472 e. The van der Waals surface area contributed by atoms with Gasteiger partial charge in [-0.1, -0.05) is 97.5 Å². The van der Waals surface area contributed by atoms with Crippen molar-refractivity contribution < 1.29 is 0 Å². The first-order valence-electron chi connectivity index (χ1n) is 9.83. The molecule has 1 heteroatoms. The molecule has 2 aromatic carbocycles. The van der Waals surface area contributed by atoms with Crippen molar-refractivity contribution in [2.75, 3.05) is 0 Å². The highest BCUT2D eigenvalue weighted by Gasteiger charge is 2.34. The van der Waals surface area contributed by atoms with Crippen molar-refractivity contribution >= 4 is 8.80 Å². The van der Waals surface area contributed by atoms with E-state index in [1.807, 2.05) is 0 Å². The largest absolute Gasteiger partial charge is 0.0712 e. The third-order valence-corrected chi connectivity index (χ3v) is 9.15. The van der Waals surface area contributed by atoms with Crippen molar-refractivity contribution in [1.29, 1.82) is 0 Å². The van der Waals surface area contributed by atoms with E-state index in [0.29, 0.717) is 5.54 Å². The Labute approximate surface area is 156 Å². The second-order valence-electron chi connectivity index (χ2n) is 9.97. The van der Waals surface area contributed by atoms with Gasteiger partial charge in [-0.15, -0.1) is 0 Å². The van der Waals surface area contributed by atoms with E-state index in [2.05, 4.69) is 91.4 Å². The summed E-state index contributed by atoms with van der Waals surface area (Å²) < 4.78 is 0. The molecule has 0 heterocycles. The van der Waals surface area contributed by atoms with E-state index < -0.39 is 8.80 Å². The van der Waals surface area contributed by atoms with E-state index in [-0.39, 0.29) is 10.8 Å². The molecule has 1 aliphatic rings. The van der Waals surface area contributed by atoms with Crippen LogP contribution in [0.5, 0.6) is 0 Å². The van der Waals surface area contributed by atoms with Crippen molar-refractivity contribution in [2.24, 2.45) is 0 Å². The van der Waals surface area contributed by atoms with Crippen LogP contribution in [0.25, 0.3) is 11.1 Å². The quantitative estimate of drug-likeness (QED) is 0.522. The number of benzene rings is 2. The molecule has 0 saturated carbocycles. The number of hydrogen-bond donors (Lipinski definition) is 0. The van der Waals surface area contributed by atoms with Gasteiger partial charge >= 0.3 is 0 Å². The van der Waals surface area contributed by atoms with E-state index in [4.69, 9.17) is 0 Å². The summed E-state index contributed by atoms with van der Waals surface area (Å²) in [4.78, 5) is 0. The van der Waals surface area contributed by atoms with E-state index in [1.165, 1.54) is 28.3 Å². The van der Waals surface area contributed by atoms with Gasteiger partial charge in [-0.2, -0.15) is 0 Å². The van der Waals surface area contributed by atoms with E-state index in [0.717, 1.165) is 0 Å². The number of fused-ring (bicyclic) bond motifs is 3. The second-order valence-corrected chi connectivity index (χ2v) is 13.4. The summed E-state index contributed by atoms with van der Waals surface area (Å²) in [7, 11) is -0.857. The number of rotatable bonds is 2. The molecule has 1 unspecified atom stereocenters. The lowest BCUT2D eigenvalue weighted by atomic mass is 9.85. The van der Waals surface area contributed by atoms with Gasteiger partial charge < -0.3 is 0 Å². The standard InChI is InChI=1S/C24H34Si/c1-9-25(8)22-20-14-16(23(2,3)4)10-12-18(20)19-13-11-17(15-21(19)22)24(5,6)7/h10-15,22,25H,9H2,1-8H3. The molecule has 0 nitrogen and oxygen atoms in total. The predicted molar refractivity (Wildman–Crippen MR) is 115 cm³/mol. The second kappa shape index (κ2) is 6.12. The van der Waals surface area contributed by atoms with Crippen LogP contribution < -0.4 is 0 Å². The molecule has 0 aromatic heterocycles. The van der Waals surface area contributed by atoms with Crippen LogP contribution in [0.2, 0.25) is 12.6 Å². The highest BCUT2D eigenvalue weighted by atomic mass is 28.3. The topological polar surface area (TPSA) is 0 Å². The Hall–Kier alpha value is -1.34. The number of hydrogen-bond acceptors (Lipinski definition) is 0. The average Bonchev–Trinajstić information content (AvgIpc) is 2.85. The molecular formula is C24H34Si. The summed E-state index contributed by atoms with van der Waals surface area (Å²) in [5.41, 5.74) is 10.2. The lowest BCUT2D eigenvalue weighted by Crippen LogP contribution is -2.20. The smallest absolute Gasteiger partial charge is 0.0472 e. The van der Waals surface area contributed by atoms with Gasteiger partial charge in [-0.05, 0) is 44.2 Å². The molecule has 3 rings (SSSR count). The summed E-state index contributed by atoms with van der Waals surface area (Å²) in [6.07, 6.45) is 0. The molecule has 0 radical (unpaired) electrons. The van der Waals surface area contributed by atoms with Crippen LogP contribution in [0.3, 0.4) is 0 Å². The summed E-state index contributed by atoms with van der Waals surface area (Å²) in [5.74, 6) is 0. The molecule has 1 aliphatic carbocycles. The van der Waals surface area contributed by atoms with Crippen molar-refractivity contribution in [3.63, 3.8) is 0 Å². The van der Waals surface area contributed by atoms with Crippen LogP contribution in [0.4, 0.5) is 0 Å². The van der Waals surface area contributed by atoms with Crippen LogP contribution >= 0.6 is 0 Å². The van der Waals surface area contributed by atoms with Gasteiger partial charge in [0.2, 0.25) is 0 Å². The molecule has 0 amide bonds. The Kier molecular flexibility index (Phi) is 4.52. The fourth-order valence-corrected chi connectivity index (χ4v) is 6.33. The Bertz CT molecular complexity index is 723. The first-order valence-corrected chi connectivity index (χ1v) is 12.5. The summed E-state index contributed by atoms with van der Waals surface area (Å²) in [6, 6.07) is 15.9. The lowest BCUT2D eigenvalue weighted by molar-refractivity contribution is 0.589. The molecule has 134 valence electrons. The van der Waals surface area contributed by atoms with Crippen LogP contribution in [0, 0.1) is 0 Å². The maximum absolute atomic E-state index is 2.55. The van der Waals surface area contributed by atoms with Crippen LogP contribution in [0.1, 0.15) is 76.3 Å². The fourth-order valence-electron chi connectivity index (χ4n) is 4.08. The van der Waals surface area contributed by atoms with Gasteiger partial charge in [0, 0.05) is 14.3 Å². The minimum Gasteiger partial charge on any atom is -0.0712 e. The molecule has 0 aliphatic heterocycles. The molecule has 2 aromatic rings. The first-order chi connectivity index (χ1) is 11.5. The monoisotopic (exact) mass is 350 g/mol. The normalized spacial score (nSPS) is 15.8. The maximum atomic E-state index is 2.55. The first kappa shape index (κ1) is 18.4. The van der Waals surface area contributed by atoms with Crippen molar-refractivity contribution in [2.45, 2.75) is 77.4 Å². The highest BCUT2D eigenvalue weighted by molar-refractivity contribution is 6.60. The average molecular weight is 351 g/mol. The highest BCUT2D eigenvalue weighted by Crippen LogP contribution is 2.48. The van der Waals surface area contributed by atoms with E-state index in [9.17, 15) is 0 Å². The fraction of sp³-hybridized carbons (Fsp3) is 0.500. The van der Waals surface area contributed by atoms with Crippen LogP contribution in [0.15, 0.2) is 36.4 Å². The molecular weight excluding hydrogens is 316 g/mol. The van der Waals surface area contributed by atoms with Gasteiger partial charge in [0.05, 0.1) is 0 Å². The van der Waals surface area contributed by atoms with Gasteiger partial charge in [0.15, 0.2) is 0 Å². The van der Waals surface area contributed by atoms with E-state index in [1.54, 1.807) is 11.1 Å². The van der Waals surface area contributed by atoms with Crippen molar-refractivity contribution in [1.82, 2.24) is 0 Å². The molecule has 0 fully saturated rings. The minimum absolute atomic E-state index is 0.210. The van der Waals surface area contributed by atoms with Gasteiger partial charge in [-0.3, -0.25) is 0 Å². The van der Waals surface area contributed by atoms with Crippen molar-refractivity contribution in [3.05, 3.63) is 58.7 Å². The predicted octanol–water partition coefficient (Wildman–Crippen LogP) is 6.81. The van der Waals surface area contributed by atoms with Crippen molar-refractivity contribution in [3.8, 4) is 11.1 Å². The minimum atomic E-state index is -0.857. The molecule has 1 atom stereocenters. The summed E-state index contributed by atoms with van der Waals surface area (Å²) in [6.45, 7) is 18.9. The summed E-state index contributed by atoms with van der Waals surface area (Å²) in [5, 5.41) is 0. The lowest BCUT2D eigenvalue weighted by Gasteiger charge is -2.25. The molecule has 25 heavy (non-hydrogen) atoms. The Morgan fingerprint density at radius 2 is 1.16 bits per heavy atom. The third kappa shape index (κ3) is 3.24. The SMILES string of the molecule is CC[SiH](C)C1c2cc(C(C)(C)C)ccc2-c2ccc(C(C)(C)C)cc21. The third-order valence-electron chi connectivity index (χ3n) is 6.01. The Morgan fingerprint density at radius 1 is 0.760 bits per heavy atom. The van der Waals surface area contributed by atoms with Gasteiger partial charge in [-0.25, -0.2) is 0 Å². The van der Waals surface area contributed by atoms with Gasteiger partial charge in [0.1, 0.15) is 0 Å².